The summed E-state index contributed by atoms with van der Waals surface area (Å²) in [7, 11) is -1.53. The molecule has 0 amide bonds. The molecule has 5 heteroatoms. The third-order valence-corrected chi connectivity index (χ3v) is 3.88. The fourth-order valence-electron chi connectivity index (χ4n) is 1.57. The molecule has 0 fully saturated rings. The summed E-state index contributed by atoms with van der Waals surface area (Å²) in [6.45, 7) is 0. The molecular formula is C14H9F2NOS. The van der Waals surface area contributed by atoms with E-state index < -0.39 is 22.4 Å². The summed E-state index contributed by atoms with van der Waals surface area (Å²) in [6, 6.07) is 11.2. The standard InChI is InChI=1S/C14H9F2NOS/c15-12-2-1-3-13(7-12)19(18)9-11-5-4-10(8-17)6-14(11)16/h1-7H,9H2. The van der Waals surface area contributed by atoms with Crippen molar-refractivity contribution in [2.24, 2.45) is 0 Å². The second-order valence-corrected chi connectivity index (χ2v) is 5.32. The Kier molecular flexibility index (Phi) is 4.03. The molecule has 0 saturated heterocycles. The van der Waals surface area contributed by atoms with Gasteiger partial charge in [-0.2, -0.15) is 5.26 Å². The molecule has 0 aliphatic carbocycles. The van der Waals surface area contributed by atoms with E-state index in [4.69, 9.17) is 5.26 Å². The van der Waals surface area contributed by atoms with E-state index in [1.807, 2.05) is 6.07 Å². The van der Waals surface area contributed by atoms with Gasteiger partial charge in [-0.15, -0.1) is 0 Å². The summed E-state index contributed by atoms with van der Waals surface area (Å²) in [6.07, 6.45) is 0. The van der Waals surface area contributed by atoms with Crippen molar-refractivity contribution in [3.8, 4) is 6.07 Å². The van der Waals surface area contributed by atoms with Crippen molar-refractivity contribution >= 4 is 10.8 Å². The minimum Gasteiger partial charge on any atom is -0.254 e. The summed E-state index contributed by atoms with van der Waals surface area (Å²) in [5.41, 5.74) is 0.444. The van der Waals surface area contributed by atoms with E-state index in [0.717, 1.165) is 12.1 Å². The van der Waals surface area contributed by atoms with E-state index in [-0.39, 0.29) is 16.9 Å². The maximum absolute atomic E-state index is 13.6. The van der Waals surface area contributed by atoms with Crippen LogP contribution in [-0.2, 0) is 16.6 Å². The van der Waals surface area contributed by atoms with Crippen LogP contribution >= 0.6 is 0 Å². The van der Waals surface area contributed by atoms with E-state index in [1.165, 1.54) is 30.3 Å². The monoisotopic (exact) mass is 277 g/mol. The number of halogens is 2. The van der Waals surface area contributed by atoms with Gasteiger partial charge in [0.05, 0.1) is 28.2 Å². The fourth-order valence-corrected chi connectivity index (χ4v) is 2.72. The largest absolute Gasteiger partial charge is 0.254 e. The fraction of sp³-hybridized carbons (Fsp3) is 0.0714. The summed E-state index contributed by atoms with van der Waals surface area (Å²) < 4.78 is 38.6. The first-order valence-corrected chi connectivity index (χ1v) is 6.74. The molecule has 1 atom stereocenters. The van der Waals surface area contributed by atoms with Gasteiger partial charge in [0, 0.05) is 10.5 Å². The first-order chi connectivity index (χ1) is 9.10. The average Bonchev–Trinajstić information content (AvgIpc) is 2.41. The lowest BCUT2D eigenvalue weighted by Crippen LogP contribution is -2.00. The molecule has 0 saturated carbocycles. The highest BCUT2D eigenvalue weighted by atomic mass is 32.2. The molecule has 0 heterocycles. The number of nitriles is 1. The Morgan fingerprint density at radius 3 is 2.58 bits per heavy atom. The van der Waals surface area contributed by atoms with E-state index in [1.54, 1.807) is 0 Å². The van der Waals surface area contributed by atoms with Crippen molar-refractivity contribution < 1.29 is 13.0 Å². The molecule has 1 unspecified atom stereocenters. The van der Waals surface area contributed by atoms with E-state index >= 15 is 0 Å². The van der Waals surface area contributed by atoms with Crippen LogP contribution in [0.5, 0.6) is 0 Å². The zero-order valence-electron chi connectivity index (χ0n) is 9.77. The molecule has 2 rings (SSSR count). The first kappa shape index (κ1) is 13.4. The van der Waals surface area contributed by atoms with Gasteiger partial charge < -0.3 is 0 Å². The van der Waals surface area contributed by atoms with Crippen molar-refractivity contribution in [2.45, 2.75) is 10.6 Å². The molecule has 0 aromatic heterocycles. The molecule has 0 radical (unpaired) electrons. The van der Waals surface area contributed by atoms with E-state index in [0.29, 0.717) is 4.90 Å². The van der Waals surface area contributed by atoms with Gasteiger partial charge in [-0.1, -0.05) is 12.1 Å². The highest BCUT2D eigenvalue weighted by Gasteiger charge is 2.10. The number of nitrogens with zero attached hydrogens (tertiary/aromatic N) is 1. The minimum absolute atomic E-state index is 0.0546. The van der Waals surface area contributed by atoms with Crippen LogP contribution in [0.15, 0.2) is 47.4 Å². The predicted octanol–water partition coefficient (Wildman–Crippen LogP) is 3.14. The summed E-state index contributed by atoms with van der Waals surface area (Å²) in [5.74, 6) is -1.11. The van der Waals surface area contributed by atoms with Gasteiger partial charge in [-0.25, -0.2) is 8.78 Å². The van der Waals surface area contributed by atoms with Crippen molar-refractivity contribution in [1.82, 2.24) is 0 Å². The highest BCUT2D eigenvalue weighted by molar-refractivity contribution is 7.84. The Labute approximate surface area is 111 Å². The third kappa shape index (κ3) is 3.24. The van der Waals surface area contributed by atoms with Crippen molar-refractivity contribution in [3.63, 3.8) is 0 Å². The van der Waals surface area contributed by atoms with E-state index in [2.05, 4.69) is 0 Å². The Balaban J connectivity index is 2.22. The summed E-state index contributed by atoms with van der Waals surface area (Å²) in [4.78, 5) is 0.309. The van der Waals surface area contributed by atoms with Gasteiger partial charge in [-0.05, 0) is 30.3 Å². The number of hydrogen-bond acceptors (Lipinski definition) is 2. The van der Waals surface area contributed by atoms with E-state index in [9.17, 15) is 13.0 Å². The minimum atomic E-state index is -1.53. The molecule has 0 spiro atoms. The molecule has 96 valence electrons. The normalized spacial score (nSPS) is 11.8. The lowest BCUT2D eigenvalue weighted by Gasteiger charge is -2.04. The lowest BCUT2D eigenvalue weighted by atomic mass is 10.1. The lowest BCUT2D eigenvalue weighted by molar-refractivity contribution is 0.614. The quantitative estimate of drug-likeness (QED) is 0.864. The number of rotatable bonds is 3. The Morgan fingerprint density at radius 2 is 1.95 bits per heavy atom. The number of benzene rings is 2. The van der Waals surface area contributed by atoms with Crippen LogP contribution in [0.25, 0.3) is 0 Å². The van der Waals surface area contributed by atoms with Crippen LogP contribution in [0.3, 0.4) is 0 Å². The maximum atomic E-state index is 13.6. The first-order valence-electron chi connectivity index (χ1n) is 5.42. The van der Waals surface area contributed by atoms with Crippen LogP contribution < -0.4 is 0 Å². The molecule has 2 nitrogen and oxygen atoms in total. The molecule has 0 bridgehead atoms. The maximum Gasteiger partial charge on any atom is 0.128 e. The van der Waals surface area contributed by atoms with Gasteiger partial charge in [0.1, 0.15) is 11.6 Å². The smallest absolute Gasteiger partial charge is 0.128 e. The Hall–Kier alpha value is -2.06. The molecule has 0 aliphatic heterocycles. The Morgan fingerprint density at radius 1 is 1.16 bits per heavy atom. The molecule has 0 N–H and O–H groups in total. The second-order valence-electron chi connectivity index (χ2n) is 3.87. The van der Waals surface area contributed by atoms with Crippen molar-refractivity contribution in [2.75, 3.05) is 0 Å². The van der Waals surface area contributed by atoms with Crippen LogP contribution in [0.2, 0.25) is 0 Å². The molecule has 2 aromatic carbocycles. The summed E-state index contributed by atoms with van der Waals surface area (Å²) >= 11 is 0. The predicted molar refractivity (Wildman–Crippen MR) is 67.6 cm³/mol. The molecule has 2 aromatic rings. The Bertz CT molecular complexity index is 679. The van der Waals surface area contributed by atoms with Gasteiger partial charge >= 0.3 is 0 Å². The van der Waals surface area contributed by atoms with Crippen molar-refractivity contribution in [3.05, 3.63) is 65.2 Å². The SMILES string of the molecule is N#Cc1ccc(CS(=O)c2cccc(F)c2)c(F)c1. The summed E-state index contributed by atoms with van der Waals surface area (Å²) in [5, 5.41) is 8.63. The van der Waals surface area contributed by atoms with Gasteiger partial charge in [0.25, 0.3) is 0 Å². The van der Waals surface area contributed by atoms with Crippen LogP contribution in [0.1, 0.15) is 11.1 Å². The van der Waals surface area contributed by atoms with Gasteiger partial charge in [0.15, 0.2) is 0 Å². The highest BCUT2D eigenvalue weighted by Crippen LogP contribution is 2.17. The third-order valence-electron chi connectivity index (χ3n) is 2.53. The van der Waals surface area contributed by atoms with Crippen LogP contribution in [0, 0.1) is 23.0 Å². The van der Waals surface area contributed by atoms with Gasteiger partial charge in [0.2, 0.25) is 0 Å². The molecule has 19 heavy (non-hydrogen) atoms. The van der Waals surface area contributed by atoms with Crippen LogP contribution in [0.4, 0.5) is 8.78 Å². The van der Waals surface area contributed by atoms with Crippen LogP contribution in [-0.4, -0.2) is 4.21 Å². The van der Waals surface area contributed by atoms with Gasteiger partial charge in [-0.3, -0.25) is 4.21 Å². The topological polar surface area (TPSA) is 40.9 Å². The second kappa shape index (κ2) is 5.72. The zero-order valence-corrected chi connectivity index (χ0v) is 10.6. The zero-order chi connectivity index (χ0) is 13.8. The molecule has 0 aliphatic rings. The average molecular weight is 277 g/mol. The van der Waals surface area contributed by atoms with Crippen molar-refractivity contribution in [1.29, 1.82) is 5.26 Å². The number of hydrogen-bond donors (Lipinski definition) is 0. The molecular weight excluding hydrogens is 268 g/mol.